The number of ether oxygens (including phenoxy) is 1. The van der Waals surface area contributed by atoms with Crippen molar-refractivity contribution >= 4 is 5.91 Å². The molecule has 1 amide bonds. The Morgan fingerprint density at radius 3 is 2.33 bits per heavy atom. The summed E-state index contributed by atoms with van der Waals surface area (Å²) >= 11 is 0. The molecule has 6 heteroatoms. The molecule has 0 aliphatic heterocycles. The summed E-state index contributed by atoms with van der Waals surface area (Å²) in [6.45, 7) is 6.19. The number of nitrogens with zero attached hydrogens (tertiary/aromatic N) is 3. The van der Waals surface area contributed by atoms with E-state index < -0.39 is 0 Å². The van der Waals surface area contributed by atoms with Gasteiger partial charge in [-0.25, -0.2) is 0 Å². The Balaban J connectivity index is 1.57. The van der Waals surface area contributed by atoms with E-state index in [9.17, 15) is 4.79 Å². The molecule has 0 saturated heterocycles. The Hall–Kier alpha value is -3.15. The van der Waals surface area contributed by atoms with Crippen LogP contribution in [0.2, 0.25) is 0 Å². The fourth-order valence-electron chi connectivity index (χ4n) is 2.69. The van der Waals surface area contributed by atoms with Crippen LogP contribution >= 0.6 is 0 Å². The van der Waals surface area contributed by atoms with Crippen molar-refractivity contribution in [1.29, 1.82) is 0 Å². The van der Waals surface area contributed by atoms with Gasteiger partial charge in [-0.1, -0.05) is 23.8 Å². The van der Waals surface area contributed by atoms with Crippen LogP contribution in [0.15, 0.2) is 46.9 Å². The predicted octanol–water partition coefficient (Wildman–Crippen LogP) is 3.70. The molecule has 0 fully saturated rings. The lowest BCUT2D eigenvalue weighted by atomic mass is 10.1. The lowest BCUT2D eigenvalue weighted by molar-refractivity contribution is -0.132. The maximum absolute atomic E-state index is 12.3. The van der Waals surface area contributed by atoms with Crippen LogP contribution < -0.4 is 4.74 Å². The zero-order valence-electron chi connectivity index (χ0n) is 16.0. The van der Waals surface area contributed by atoms with Gasteiger partial charge >= 0.3 is 0 Å². The van der Waals surface area contributed by atoms with Crippen LogP contribution in [-0.4, -0.2) is 34.7 Å². The average molecular weight is 365 g/mol. The van der Waals surface area contributed by atoms with Gasteiger partial charge in [-0.05, 0) is 56.2 Å². The second-order valence-electron chi connectivity index (χ2n) is 6.73. The Labute approximate surface area is 158 Å². The van der Waals surface area contributed by atoms with Crippen LogP contribution in [0.5, 0.6) is 5.75 Å². The summed E-state index contributed by atoms with van der Waals surface area (Å²) in [4.78, 5) is 13.8. The quantitative estimate of drug-likeness (QED) is 0.666. The third kappa shape index (κ3) is 4.94. The van der Waals surface area contributed by atoms with E-state index >= 15 is 0 Å². The zero-order valence-corrected chi connectivity index (χ0v) is 16.0. The number of hydrogen-bond donors (Lipinski definition) is 0. The average Bonchev–Trinajstić information content (AvgIpc) is 3.08. The van der Waals surface area contributed by atoms with Gasteiger partial charge in [-0.3, -0.25) is 4.79 Å². The number of carbonyl (C=O) groups excluding carboxylic acids is 1. The smallest absolute Gasteiger partial charge is 0.260 e. The molecule has 27 heavy (non-hydrogen) atoms. The third-order valence-electron chi connectivity index (χ3n) is 4.12. The van der Waals surface area contributed by atoms with Crippen molar-refractivity contribution in [3.63, 3.8) is 0 Å². The fourth-order valence-corrected chi connectivity index (χ4v) is 2.69. The molecular formula is C21H23N3O3. The van der Waals surface area contributed by atoms with Crippen molar-refractivity contribution < 1.29 is 13.9 Å². The number of amides is 1. The second-order valence-corrected chi connectivity index (χ2v) is 6.73. The van der Waals surface area contributed by atoms with E-state index in [-0.39, 0.29) is 19.1 Å². The molecule has 2 aromatic carbocycles. The SMILES string of the molecule is Cc1ccc(-c2nnc(CN(C)C(=O)COc3cc(C)cc(C)c3)o2)cc1. The largest absolute Gasteiger partial charge is 0.484 e. The molecule has 1 aromatic heterocycles. The monoisotopic (exact) mass is 365 g/mol. The van der Waals surface area contributed by atoms with Gasteiger partial charge in [0.15, 0.2) is 6.61 Å². The number of carbonyl (C=O) groups is 1. The molecule has 0 radical (unpaired) electrons. The van der Waals surface area contributed by atoms with Crippen LogP contribution in [0.4, 0.5) is 0 Å². The highest BCUT2D eigenvalue weighted by atomic mass is 16.5. The van der Waals surface area contributed by atoms with E-state index in [4.69, 9.17) is 9.15 Å². The summed E-state index contributed by atoms with van der Waals surface area (Å²) in [6.07, 6.45) is 0. The third-order valence-corrected chi connectivity index (χ3v) is 4.12. The highest BCUT2D eigenvalue weighted by Crippen LogP contribution is 2.19. The molecule has 140 valence electrons. The number of likely N-dealkylation sites (N-methyl/N-ethyl adjacent to an activating group) is 1. The van der Waals surface area contributed by atoms with Gasteiger partial charge in [0.2, 0.25) is 11.8 Å². The minimum atomic E-state index is -0.163. The van der Waals surface area contributed by atoms with Crippen LogP contribution in [0.1, 0.15) is 22.6 Å². The summed E-state index contributed by atoms with van der Waals surface area (Å²) in [5, 5.41) is 8.08. The Kier molecular flexibility index (Phi) is 5.54. The van der Waals surface area contributed by atoms with Gasteiger partial charge in [0, 0.05) is 12.6 Å². The highest BCUT2D eigenvalue weighted by Gasteiger charge is 2.15. The molecule has 6 nitrogen and oxygen atoms in total. The summed E-state index contributed by atoms with van der Waals surface area (Å²) in [7, 11) is 1.68. The number of hydrogen-bond acceptors (Lipinski definition) is 5. The van der Waals surface area contributed by atoms with Crippen molar-refractivity contribution in [3.05, 3.63) is 65.0 Å². The van der Waals surface area contributed by atoms with Crippen molar-refractivity contribution in [2.24, 2.45) is 0 Å². The van der Waals surface area contributed by atoms with E-state index in [0.29, 0.717) is 17.5 Å². The minimum Gasteiger partial charge on any atom is -0.484 e. The Morgan fingerprint density at radius 2 is 1.67 bits per heavy atom. The molecule has 0 atom stereocenters. The summed E-state index contributed by atoms with van der Waals surface area (Å²) in [6, 6.07) is 13.7. The second kappa shape index (κ2) is 8.03. The first kappa shape index (κ1) is 18.6. The van der Waals surface area contributed by atoms with Crippen LogP contribution in [0, 0.1) is 20.8 Å². The van der Waals surface area contributed by atoms with Crippen LogP contribution in [0.3, 0.4) is 0 Å². The molecule has 0 spiro atoms. The van der Waals surface area contributed by atoms with Gasteiger partial charge in [-0.15, -0.1) is 10.2 Å². The molecule has 3 rings (SSSR count). The van der Waals surface area contributed by atoms with Crippen molar-refractivity contribution in [2.45, 2.75) is 27.3 Å². The molecule has 0 aliphatic carbocycles. The zero-order chi connectivity index (χ0) is 19.4. The normalized spacial score (nSPS) is 10.7. The first-order valence-electron chi connectivity index (χ1n) is 8.75. The van der Waals surface area contributed by atoms with Gasteiger partial charge in [0.25, 0.3) is 5.91 Å². The molecule has 0 unspecified atom stereocenters. The summed E-state index contributed by atoms with van der Waals surface area (Å²) in [5.41, 5.74) is 4.21. The standard InChI is InChI=1S/C21H23N3O3/c1-14-5-7-17(8-6-14)21-23-22-19(27-21)12-24(4)20(25)13-26-18-10-15(2)9-16(3)11-18/h5-11H,12-13H2,1-4H3. The molecular weight excluding hydrogens is 342 g/mol. The van der Waals surface area contributed by atoms with Gasteiger partial charge in [0.1, 0.15) is 5.75 Å². The maximum atomic E-state index is 12.3. The highest BCUT2D eigenvalue weighted by molar-refractivity contribution is 5.77. The number of aryl methyl sites for hydroxylation is 3. The number of rotatable bonds is 6. The topological polar surface area (TPSA) is 68.5 Å². The fraction of sp³-hybridized carbons (Fsp3) is 0.286. The van der Waals surface area contributed by atoms with Crippen LogP contribution in [0.25, 0.3) is 11.5 Å². The van der Waals surface area contributed by atoms with Crippen LogP contribution in [-0.2, 0) is 11.3 Å². The first-order chi connectivity index (χ1) is 12.9. The Bertz CT molecular complexity index is 912. The van der Waals surface area contributed by atoms with Crippen molar-refractivity contribution in [1.82, 2.24) is 15.1 Å². The molecule has 0 aliphatic rings. The lowest BCUT2D eigenvalue weighted by Crippen LogP contribution is -2.31. The van der Waals surface area contributed by atoms with E-state index in [2.05, 4.69) is 16.3 Å². The number of benzene rings is 2. The van der Waals surface area contributed by atoms with E-state index in [0.717, 1.165) is 22.3 Å². The molecule has 1 heterocycles. The van der Waals surface area contributed by atoms with Crippen molar-refractivity contribution in [3.8, 4) is 17.2 Å². The van der Waals surface area contributed by atoms with Gasteiger partial charge in [0.05, 0.1) is 6.54 Å². The molecule has 3 aromatic rings. The molecule has 0 N–H and O–H groups in total. The van der Waals surface area contributed by atoms with Crippen molar-refractivity contribution in [2.75, 3.05) is 13.7 Å². The number of aromatic nitrogens is 2. The van der Waals surface area contributed by atoms with E-state index in [1.54, 1.807) is 7.05 Å². The first-order valence-corrected chi connectivity index (χ1v) is 8.75. The van der Waals surface area contributed by atoms with E-state index in [1.807, 2.05) is 57.2 Å². The summed E-state index contributed by atoms with van der Waals surface area (Å²) in [5.74, 6) is 1.35. The van der Waals surface area contributed by atoms with Gasteiger partial charge < -0.3 is 14.1 Å². The Morgan fingerprint density at radius 1 is 1.00 bits per heavy atom. The molecule has 0 bridgehead atoms. The minimum absolute atomic E-state index is 0.0433. The van der Waals surface area contributed by atoms with Gasteiger partial charge in [-0.2, -0.15) is 0 Å². The van der Waals surface area contributed by atoms with E-state index in [1.165, 1.54) is 4.90 Å². The maximum Gasteiger partial charge on any atom is 0.260 e. The lowest BCUT2D eigenvalue weighted by Gasteiger charge is -2.15. The predicted molar refractivity (Wildman–Crippen MR) is 102 cm³/mol. The summed E-state index contributed by atoms with van der Waals surface area (Å²) < 4.78 is 11.3. The molecule has 0 saturated carbocycles.